The van der Waals surface area contributed by atoms with Crippen LogP contribution in [-0.2, 0) is 19.4 Å². The van der Waals surface area contributed by atoms with Crippen molar-refractivity contribution in [3.63, 3.8) is 0 Å². The van der Waals surface area contributed by atoms with Crippen molar-refractivity contribution >= 4 is 51.6 Å². The van der Waals surface area contributed by atoms with Crippen molar-refractivity contribution in [1.29, 1.82) is 0 Å². The first-order valence-corrected chi connectivity index (χ1v) is 8.99. The van der Waals surface area contributed by atoms with Gasteiger partial charge in [-0.15, -0.1) is 24.0 Å². The number of hydrogen-bond donors (Lipinski definition) is 2. The van der Waals surface area contributed by atoms with E-state index in [1.165, 1.54) is 24.0 Å². The maximum Gasteiger partial charge on any atom is 0.193 e. The van der Waals surface area contributed by atoms with Gasteiger partial charge in [-0.1, -0.05) is 22.0 Å². The van der Waals surface area contributed by atoms with Crippen LogP contribution in [0.3, 0.4) is 0 Å². The Kier molecular flexibility index (Phi) is 7.57. The van der Waals surface area contributed by atoms with E-state index < -0.39 is 0 Å². The molecule has 2 aromatic rings. The minimum absolute atomic E-state index is 0. The topological polar surface area (TPSA) is 68.9 Å². The molecule has 3 rings (SSSR count). The van der Waals surface area contributed by atoms with E-state index in [-0.39, 0.29) is 24.0 Å². The van der Waals surface area contributed by atoms with Gasteiger partial charge in [-0.3, -0.25) is 0 Å². The van der Waals surface area contributed by atoms with E-state index in [4.69, 9.17) is 15.2 Å². The highest BCUT2D eigenvalue weighted by Crippen LogP contribution is 2.33. The van der Waals surface area contributed by atoms with Crippen molar-refractivity contribution in [3.05, 3.63) is 51.5 Å². The highest BCUT2D eigenvalue weighted by molar-refractivity contribution is 14.0. The number of rotatable bonds is 5. The van der Waals surface area contributed by atoms with Crippen LogP contribution in [0.4, 0.5) is 5.69 Å². The van der Waals surface area contributed by atoms with Crippen LogP contribution in [0.5, 0.6) is 11.5 Å². The van der Waals surface area contributed by atoms with Gasteiger partial charge in [0.25, 0.3) is 0 Å². The number of methoxy groups -OCH3 is 2. The summed E-state index contributed by atoms with van der Waals surface area (Å²) in [5, 5.41) is 3.17. The fourth-order valence-corrected chi connectivity index (χ4v) is 3.47. The van der Waals surface area contributed by atoms with Gasteiger partial charge in [-0.05, 0) is 60.2 Å². The summed E-state index contributed by atoms with van der Waals surface area (Å²) in [6, 6.07) is 10.2. The fourth-order valence-electron chi connectivity index (χ4n) is 3.02. The molecule has 0 saturated heterocycles. The Balaban J connectivity index is 0.00000243. The van der Waals surface area contributed by atoms with Gasteiger partial charge in [0.1, 0.15) is 0 Å². The Morgan fingerprint density at radius 1 is 1.12 bits per heavy atom. The molecule has 0 fully saturated rings. The van der Waals surface area contributed by atoms with E-state index in [0.29, 0.717) is 24.0 Å². The van der Waals surface area contributed by atoms with Gasteiger partial charge < -0.3 is 20.5 Å². The van der Waals surface area contributed by atoms with Gasteiger partial charge >= 0.3 is 0 Å². The Morgan fingerprint density at radius 3 is 2.54 bits per heavy atom. The molecular weight excluding hydrogens is 509 g/mol. The Labute approximate surface area is 179 Å². The van der Waals surface area contributed by atoms with Crippen LogP contribution in [0, 0.1) is 0 Å². The number of ether oxygens (including phenoxy) is 2. The summed E-state index contributed by atoms with van der Waals surface area (Å²) in [7, 11) is 3.23. The number of anilines is 1. The first kappa shape index (κ1) is 20.8. The van der Waals surface area contributed by atoms with E-state index in [1.807, 2.05) is 12.1 Å². The van der Waals surface area contributed by atoms with Gasteiger partial charge in [0, 0.05) is 10.2 Å². The van der Waals surface area contributed by atoms with Crippen LogP contribution < -0.4 is 20.5 Å². The molecule has 0 heterocycles. The number of aliphatic imine (C=N–C) groups is 1. The Hall–Kier alpha value is -1.48. The number of nitrogens with one attached hydrogen (secondary N) is 1. The molecule has 0 spiro atoms. The standard InChI is InChI=1S/C19H22BrN3O2.HI/c1-24-17-9-14(16(20)10-18(17)25-2)11-22-19(21)23-15-7-6-12-4-3-5-13(12)8-15;/h6-10H,3-5,11H2,1-2H3,(H3,21,22,23);1H. The molecule has 1 aliphatic carbocycles. The summed E-state index contributed by atoms with van der Waals surface area (Å²) in [4.78, 5) is 4.43. The van der Waals surface area contributed by atoms with E-state index in [1.54, 1.807) is 14.2 Å². The summed E-state index contributed by atoms with van der Waals surface area (Å²) < 4.78 is 11.5. The molecule has 140 valence electrons. The zero-order valence-corrected chi connectivity index (χ0v) is 18.8. The van der Waals surface area contributed by atoms with Crippen molar-refractivity contribution in [2.45, 2.75) is 25.8 Å². The van der Waals surface area contributed by atoms with Crippen LogP contribution in [0.2, 0.25) is 0 Å². The Morgan fingerprint density at radius 2 is 1.81 bits per heavy atom. The van der Waals surface area contributed by atoms with Crippen LogP contribution in [0.25, 0.3) is 0 Å². The van der Waals surface area contributed by atoms with E-state index in [9.17, 15) is 0 Å². The number of nitrogens with two attached hydrogens (primary N) is 1. The number of nitrogens with zero attached hydrogens (tertiary/aromatic N) is 1. The third-order valence-electron chi connectivity index (χ3n) is 4.34. The molecule has 0 saturated carbocycles. The molecule has 3 N–H and O–H groups in total. The first-order chi connectivity index (χ1) is 12.1. The molecular formula is C19H23BrIN3O2. The van der Waals surface area contributed by atoms with Crippen molar-refractivity contribution in [2.75, 3.05) is 19.5 Å². The van der Waals surface area contributed by atoms with Gasteiger partial charge in [0.2, 0.25) is 0 Å². The van der Waals surface area contributed by atoms with Gasteiger partial charge in [0.05, 0.1) is 20.8 Å². The van der Waals surface area contributed by atoms with E-state index >= 15 is 0 Å². The maximum absolute atomic E-state index is 6.04. The smallest absolute Gasteiger partial charge is 0.193 e. The quantitative estimate of drug-likeness (QED) is 0.338. The number of fused-ring (bicyclic) bond motifs is 1. The predicted octanol–water partition coefficient (Wildman–Crippen LogP) is 4.50. The molecule has 7 heteroatoms. The molecule has 0 atom stereocenters. The average Bonchev–Trinajstić information content (AvgIpc) is 3.08. The lowest BCUT2D eigenvalue weighted by Gasteiger charge is -2.11. The maximum atomic E-state index is 6.04. The predicted molar refractivity (Wildman–Crippen MR) is 120 cm³/mol. The lowest BCUT2D eigenvalue weighted by Crippen LogP contribution is -2.22. The largest absolute Gasteiger partial charge is 0.493 e. The second-order valence-electron chi connectivity index (χ2n) is 5.96. The summed E-state index contributed by atoms with van der Waals surface area (Å²) in [5.74, 6) is 1.73. The zero-order valence-electron chi connectivity index (χ0n) is 14.8. The van der Waals surface area contributed by atoms with Crippen molar-refractivity contribution in [1.82, 2.24) is 0 Å². The molecule has 0 amide bonds. The third kappa shape index (κ3) is 4.82. The van der Waals surface area contributed by atoms with Crippen molar-refractivity contribution in [2.24, 2.45) is 10.7 Å². The van der Waals surface area contributed by atoms with E-state index in [0.717, 1.165) is 22.1 Å². The first-order valence-electron chi connectivity index (χ1n) is 8.20. The van der Waals surface area contributed by atoms with Crippen LogP contribution in [0.15, 0.2) is 39.8 Å². The summed E-state index contributed by atoms with van der Waals surface area (Å²) in [6.07, 6.45) is 3.54. The highest BCUT2D eigenvalue weighted by Gasteiger charge is 2.11. The number of halogens is 2. The molecule has 0 aromatic heterocycles. The number of benzene rings is 2. The molecule has 0 unspecified atom stereocenters. The second kappa shape index (κ2) is 9.45. The lowest BCUT2D eigenvalue weighted by atomic mass is 10.1. The summed E-state index contributed by atoms with van der Waals surface area (Å²) >= 11 is 3.54. The number of guanidine groups is 1. The SMILES string of the molecule is COc1cc(Br)c(CN=C(N)Nc2ccc3c(c2)CCC3)cc1OC.I. The molecule has 1 aliphatic rings. The molecule has 0 bridgehead atoms. The lowest BCUT2D eigenvalue weighted by molar-refractivity contribution is 0.354. The molecule has 26 heavy (non-hydrogen) atoms. The summed E-state index contributed by atoms with van der Waals surface area (Å²) in [5.41, 5.74) is 10.8. The Bertz CT molecular complexity index is 812. The second-order valence-corrected chi connectivity index (χ2v) is 6.82. The van der Waals surface area contributed by atoms with Crippen LogP contribution in [-0.4, -0.2) is 20.2 Å². The molecule has 0 aliphatic heterocycles. The highest BCUT2D eigenvalue weighted by atomic mass is 127. The average molecular weight is 532 g/mol. The van der Waals surface area contributed by atoms with Crippen LogP contribution >= 0.6 is 39.9 Å². The molecule has 2 aromatic carbocycles. The minimum atomic E-state index is 0. The monoisotopic (exact) mass is 531 g/mol. The van der Waals surface area contributed by atoms with Crippen molar-refractivity contribution < 1.29 is 9.47 Å². The van der Waals surface area contributed by atoms with Gasteiger partial charge in [0.15, 0.2) is 17.5 Å². The van der Waals surface area contributed by atoms with Crippen LogP contribution in [0.1, 0.15) is 23.1 Å². The number of aryl methyl sites for hydroxylation is 2. The fraction of sp³-hybridized carbons (Fsp3) is 0.316. The third-order valence-corrected chi connectivity index (χ3v) is 5.08. The minimum Gasteiger partial charge on any atom is -0.493 e. The summed E-state index contributed by atoms with van der Waals surface area (Å²) in [6.45, 7) is 0.435. The molecule has 0 radical (unpaired) electrons. The van der Waals surface area contributed by atoms with E-state index in [2.05, 4.69) is 44.4 Å². The zero-order chi connectivity index (χ0) is 17.8. The van der Waals surface area contributed by atoms with Crippen molar-refractivity contribution in [3.8, 4) is 11.5 Å². The molecule has 5 nitrogen and oxygen atoms in total. The van der Waals surface area contributed by atoms with Gasteiger partial charge in [-0.2, -0.15) is 0 Å². The number of hydrogen-bond acceptors (Lipinski definition) is 3. The normalized spacial score (nSPS) is 13.0. The van der Waals surface area contributed by atoms with Gasteiger partial charge in [-0.25, -0.2) is 4.99 Å².